The lowest BCUT2D eigenvalue weighted by molar-refractivity contribution is -0.145. The molecule has 1 heterocycles. The standard InChI is InChI=1S/C11H18N2O3/c1-2-9(7-12)13-5-3-10(4-6-13)16-8-11(14)15/h9-10H,2-6,8H2,1H3,(H,14,15). The van der Waals surface area contributed by atoms with Gasteiger partial charge >= 0.3 is 5.97 Å². The average molecular weight is 226 g/mol. The smallest absolute Gasteiger partial charge is 0.329 e. The Labute approximate surface area is 95.6 Å². The molecule has 90 valence electrons. The van der Waals surface area contributed by atoms with Crippen LogP contribution in [0.4, 0.5) is 0 Å². The van der Waals surface area contributed by atoms with Gasteiger partial charge in [0.15, 0.2) is 0 Å². The van der Waals surface area contributed by atoms with Crippen molar-refractivity contribution in [3.05, 3.63) is 0 Å². The topological polar surface area (TPSA) is 73.6 Å². The maximum atomic E-state index is 10.3. The molecule has 5 nitrogen and oxygen atoms in total. The lowest BCUT2D eigenvalue weighted by Crippen LogP contribution is -2.42. The third-order valence-electron chi connectivity index (χ3n) is 2.90. The second-order valence-electron chi connectivity index (χ2n) is 3.99. The van der Waals surface area contributed by atoms with Gasteiger partial charge in [-0.15, -0.1) is 0 Å². The van der Waals surface area contributed by atoms with Crippen molar-refractivity contribution < 1.29 is 14.6 Å². The molecule has 0 aromatic heterocycles. The summed E-state index contributed by atoms with van der Waals surface area (Å²) in [4.78, 5) is 12.5. The minimum atomic E-state index is -0.925. The van der Waals surface area contributed by atoms with E-state index >= 15 is 0 Å². The lowest BCUT2D eigenvalue weighted by Gasteiger charge is -2.33. The molecule has 1 atom stereocenters. The van der Waals surface area contributed by atoms with Crippen LogP contribution in [0.25, 0.3) is 0 Å². The predicted molar refractivity (Wildman–Crippen MR) is 57.9 cm³/mol. The maximum Gasteiger partial charge on any atom is 0.329 e. The fraction of sp³-hybridized carbons (Fsp3) is 0.818. The van der Waals surface area contributed by atoms with Crippen LogP contribution in [0.1, 0.15) is 26.2 Å². The van der Waals surface area contributed by atoms with Gasteiger partial charge in [0.05, 0.1) is 18.2 Å². The van der Waals surface area contributed by atoms with Crippen LogP contribution < -0.4 is 0 Å². The number of nitrogens with zero attached hydrogens (tertiary/aromatic N) is 2. The van der Waals surface area contributed by atoms with E-state index in [4.69, 9.17) is 15.1 Å². The highest BCUT2D eigenvalue weighted by Gasteiger charge is 2.24. The SMILES string of the molecule is CCC(C#N)N1CCC(OCC(=O)O)CC1. The van der Waals surface area contributed by atoms with E-state index in [2.05, 4.69) is 11.0 Å². The summed E-state index contributed by atoms with van der Waals surface area (Å²) in [5.74, 6) is -0.925. The molecule has 5 heteroatoms. The summed E-state index contributed by atoms with van der Waals surface area (Å²) in [7, 11) is 0. The Morgan fingerprint density at radius 2 is 2.25 bits per heavy atom. The lowest BCUT2D eigenvalue weighted by atomic mass is 10.0. The summed E-state index contributed by atoms with van der Waals surface area (Å²) < 4.78 is 5.23. The molecule has 0 aliphatic carbocycles. The minimum Gasteiger partial charge on any atom is -0.480 e. The predicted octanol–water partition coefficient (Wildman–Crippen LogP) is 0.854. The van der Waals surface area contributed by atoms with E-state index in [1.165, 1.54) is 0 Å². The molecule has 16 heavy (non-hydrogen) atoms. The van der Waals surface area contributed by atoms with Crippen LogP contribution in [0.15, 0.2) is 0 Å². The van der Waals surface area contributed by atoms with Crippen LogP contribution in [0.5, 0.6) is 0 Å². The van der Waals surface area contributed by atoms with E-state index in [9.17, 15) is 4.79 Å². The van der Waals surface area contributed by atoms with E-state index in [1.54, 1.807) is 0 Å². The molecule has 0 radical (unpaired) electrons. The van der Waals surface area contributed by atoms with E-state index in [0.29, 0.717) is 0 Å². The molecular weight excluding hydrogens is 208 g/mol. The van der Waals surface area contributed by atoms with Gasteiger partial charge in [0.25, 0.3) is 0 Å². The third-order valence-corrected chi connectivity index (χ3v) is 2.90. The van der Waals surface area contributed by atoms with Gasteiger partial charge in [-0.1, -0.05) is 6.92 Å². The highest BCUT2D eigenvalue weighted by atomic mass is 16.5. The normalized spacial score (nSPS) is 20.2. The average Bonchev–Trinajstić information content (AvgIpc) is 2.29. The van der Waals surface area contributed by atoms with E-state index in [-0.39, 0.29) is 18.8 Å². The minimum absolute atomic E-state index is 0.0135. The van der Waals surface area contributed by atoms with Crippen molar-refractivity contribution >= 4 is 5.97 Å². The summed E-state index contributed by atoms with van der Waals surface area (Å²) in [6.45, 7) is 3.41. The van der Waals surface area contributed by atoms with Crippen LogP contribution in [-0.4, -0.2) is 47.8 Å². The molecule has 0 amide bonds. The maximum absolute atomic E-state index is 10.3. The van der Waals surface area contributed by atoms with Crippen LogP contribution in [0, 0.1) is 11.3 Å². The molecule has 1 unspecified atom stereocenters. The number of rotatable bonds is 5. The van der Waals surface area contributed by atoms with E-state index < -0.39 is 5.97 Å². The molecule has 0 aromatic rings. The van der Waals surface area contributed by atoms with Crippen LogP contribution in [-0.2, 0) is 9.53 Å². The zero-order valence-electron chi connectivity index (χ0n) is 9.56. The van der Waals surface area contributed by atoms with Gasteiger partial charge in [-0.05, 0) is 19.3 Å². The molecule has 1 aliphatic rings. The first kappa shape index (κ1) is 12.9. The number of carbonyl (C=O) groups is 1. The third kappa shape index (κ3) is 3.80. The van der Waals surface area contributed by atoms with Gasteiger partial charge in [0.1, 0.15) is 6.61 Å². The van der Waals surface area contributed by atoms with Crippen molar-refractivity contribution in [3.63, 3.8) is 0 Å². The Balaban J connectivity index is 2.28. The second kappa shape index (κ2) is 6.46. The van der Waals surface area contributed by atoms with E-state index in [0.717, 1.165) is 32.4 Å². The molecular formula is C11H18N2O3. The molecule has 0 spiro atoms. The molecule has 0 aromatic carbocycles. The summed E-state index contributed by atoms with van der Waals surface area (Å²) in [6, 6.07) is 2.26. The highest BCUT2D eigenvalue weighted by molar-refractivity contribution is 5.68. The van der Waals surface area contributed by atoms with E-state index in [1.807, 2.05) is 6.92 Å². The fourth-order valence-corrected chi connectivity index (χ4v) is 1.97. The van der Waals surface area contributed by atoms with Gasteiger partial charge < -0.3 is 9.84 Å². The first-order chi connectivity index (χ1) is 7.67. The van der Waals surface area contributed by atoms with Gasteiger partial charge in [-0.25, -0.2) is 4.79 Å². The monoisotopic (exact) mass is 226 g/mol. The highest BCUT2D eigenvalue weighted by Crippen LogP contribution is 2.16. The molecule has 1 aliphatic heterocycles. The summed E-state index contributed by atoms with van der Waals surface area (Å²) in [5, 5.41) is 17.4. The van der Waals surface area contributed by atoms with Gasteiger partial charge in [-0.2, -0.15) is 5.26 Å². The van der Waals surface area contributed by atoms with Crippen molar-refractivity contribution in [2.24, 2.45) is 0 Å². The van der Waals surface area contributed by atoms with Crippen molar-refractivity contribution in [3.8, 4) is 6.07 Å². The first-order valence-corrected chi connectivity index (χ1v) is 5.64. The van der Waals surface area contributed by atoms with Gasteiger partial charge in [-0.3, -0.25) is 4.90 Å². The largest absolute Gasteiger partial charge is 0.480 e. The molecule has 1 N–H and O–H groups in total. The zero-order chi connectivity index (χ0) is 12.0. The first-order valence-electron chi connectivity index (χ1n) is 5.64. The summed E-state index contributed by atoms with van der Waals surface area (Å²) >= 11 is 0. The van der Waals surface area contributed by atoms with Crippen LogP contribution in [0.3, 0.4) is 0 Å². The summed E-state index contributed by atoms with van der Waals surface area (Å²) in [5.41, 5.74) is 0. The molecule has 1 saturated heterocycles. The number of piperidine rings is 1. The number of carboxylic acids is 1. The number of hydrogen-bond donors (Lipinski definition) is 1. The van der Waals surface area contributed by atoms with Crippen LogP contribution in [0.2, 0.25) is 0 Å². The Kier molecular flexibility index (Phi) is 5.23. The van der Waals surface area contributed by atoms with Crippen molar-refractivity contribution in [1.29, 1.82) is 5.26 Å². The zero-order valence-corrected chi connectivity index (χ0v) is 9.56. The number of hydrogen-bond acceptors (Lipinski definition) is 4. The Morgan fingerprint density at radius 3 is 2.69 bits per heavy atom. The fourth-order valence-electron chi connectivity index (χ4n) is 1.97. The summed E-state index contributed by atoms with van der Waals surface area (Å²) in [6.07, 6.45) is 2.48. The quantitative estimate of drug-likeness (QED) is 0.752. The number of nitriles is 1. The Hall–Kier alpha value is -1.12. The second-order valence-corrected chi connectivity index (χ2v) is 3.99. The number of aliphatic carboxylic acids is 1. The van der Waals surface area contributed by atoms with Crippen molar-refractivity contribution in [2.75, 3.05) is 19.7 Å². The molecule has 1 fully saturated rings. The van der Waals surface area contributed by atoms with Gasteiger partial charge in [0.2, 0.25) is 0 Å². The molecule has 1 rings (SSSR count). The Bertz CT molecular complexity index is 267. The van der Waals surface area contributed by atoms with Crippen molar-refractivity contribution in [2.45, 2.75) is 38.3 Å². The molecule has 0 bridgehead atoms. The van der Waals surface area contributed by atoms with Crippen molar-refractivity contribution in [1.82, 2.24) is 4.90 Å². The van der Waals surface area contributed by atoms with Gasteiger partial charge in [0, 0.05) is 13.1 Å². The number of carboxylic acid groups (broad SMARTS) is 1. The van der Waals surface area contributed by atoms with Crippen LogP contribution >= 0.6 is 0 Å². The number of likely N-dealkylation sites (tertiary alicyclic amines) is 1. The molecule has 0 saturated carbocycles. The Morgan fingerprint density at radius 1 is 1.62 bits per heavy atom. The number of ether oxygens (including phenoxy) is 1.